The van der Waals surface area contributed by atoms with Crippen LogP contribution in [0.4, 0.5) is 4.39 Å². The van der Waals surface area contributed by atoms with E-state index in [2.05, 4.69) is 17.0 Å². The fraction of sp³-hybridized carbons (Fsp3) is 0.381. The molecular formula is C21H23FN2O. The van der Waals surface area contributed by atoms with Crippen LogP contribution in [0, 0.1) is 5.82 Å². The highest BCUT2D eigenvalue weighted by atomic mass is 19.1. The van der Waals surface area contributed by atoms with Crippen LogP contribution in [0.5, 0.6) is 0 Å². The van der Waals surface area contributed by atoms with Crippen LogP contribution in [0.15, 0.2) is 54.6 Å². The Kier molecular flexibility index (Phi) is 4.53. The fourth-order valence-corrected chi connectivity index (χ4v) is 3.71. The van der Waals surface area contributed by atoms with Crippen molar-refractivity contribution in [2.75, 3.05) is 19.6 Å². The van der Waals surface area contributed by atoms with Crippen molar-refractivity contribution in [3.8, 4) is 0 Å². The number of nitrogens with zero attached hydrogens (tertiary/aromatic N) is 2. The maximum Gasteiger partial charge on any atom is 0.227 e. The van der Waals surface area contributed by atoms with E-state index in [1.54, 1.807) is 12.1 Å². The van der Waals surface area contributed by atoms with Gasteiger partial charge in [-0.1, -0.05) is 42.5 Å². The molecule has 1 aliphatic carbocycles. The maximum absolute atomic E-state index is 13.1. The van der Waals surface area contributed by atoms with Gasteiger partial charge in [-0.25, -0.2) is 4.39 Å². The van der Waals surface area contributed by atoms with Crippen LogP contribution >= 0.6 is 0 Å². The number of benzene rings is 2. The molecule has 2 fully saturated rings. The lowest BCUT2D eigenvalue weighted by atomic mass is 10.0. The number of carbonyl (C=O) groups excluding carboxylic acids is 1. The molecule has 1 saturated heterocycles. The number of amides is 1. The number of rotatable bonds is 4. The number of piperazine rings is 1. The molecule has 1 unspecified atom stereocenters. The van der Waals surface area contributed by atoms with Gasteiger partial charge in [-0.15, -0.1) is 0 Å². The van der Waals surface area contributed by atoms with E-state index in [4.69, 9.17) is 0 Å². The summed E-state index contributed by atoms with van der Waals surface area (Å²) >= 11 is 0. The molecule has 0 bridgehead atoms. The normalized spacial score (nSPS) is 21.3. The molecule has 1 heterocycles. The van der Waals surface area contributed by atoms with Crippen LogP contribution in [0.3, 0.4) is 0 Å². The standard InChI is InChI=1S/C21H23FN2O/c22-18-8-6-16(7-9-18)14-21(25)24-13-12-23(19-10-11-19)15-20(24)17-4-2-1-3-5-17/h1-9,19-20H,10-15H2. The van der Waals surface area contributed by atoms with Crippen LogP contribution in [0.25, 0.3) is 0 Å². The molecule has 0 N–H and O–H groups in total. The van der Waals surface area contributed by atoms with Crippen molar-refractivity contribution in [3.05, 3.63) is 71.5 Å². The van der Waals surface area contributed by atoms with Crippen molar-refractivity contribution >= 4 is 5.91 Å². The van der Waals surface area contributed by atoms with E-state index in [0.717, 1.165) is 25.2 Å². The summed E-state index contributed by atoms with van der Waals surface area (Å²) in [5.41, 5.74) is 2.06. The summed E-state index contributed by atoms with van der Waals surface area (Å²) in [5, 5.41) is 0. The van der Waals surface area contributed by atoms with Crippen molar-refractivity contribution < 1.29 is 9.18 Å². The molecule has 1 amide bonds. The van der Waals surface area contributed by atoms with Crippen molar-refractivity contribution in [3.63, 3.8) is 0 Å². The highest BCUT2D eigenvalue weighted by molar-refractivity contribution is 5.79. The summed E-state index contributed by atoms with van der Waals surface area (Å²) in [6.07, 6.45) is 2.89. The highest BCUT2D eigenvalue weighted by Crippen LogP contribution is 2.33. The first-order valence-electron chi connectivity index (χ1n) is 9.03. The summed E-state index contributed by atoms with van der Waals surface area (Å²) in [4.78, 5) is 17.5. The molecule has 1 saturated carbocycles. The average Bonchev–Trinajstić information content (AvgIpc) is 3.49. The monoisotopic (exact) mass is 338 g/mol. The largest absolute Gasteiger partial charge is 0.333 e. The highest BCUT2D eigenvalue weighted by Gasteiger charge is 2.37. The summed E-state index contributed by atoms with van der Waals surface area (Å²) < 4.78 is 13.1. The predicted octanol–water partition coefficient (Wildman–Crippen LogP) is 3.42. The zero-order chi connectivity index (χ0) is 17.2. The lowest BCUT2D eigenvalue weighted by Gasteiger charge is -2.42. The lowest BCUT2D eigenvalue weighted by molar-refractivity contribution is -0.135. The van der Waals surface area contributed by atoms with Crippen molar-refractivity contribution in [1.82, 2.24) is 9.80 Å². The van der Waals surface area contributed by atoms with E-state index in [9.17, 15) is 9.18 Å². The van der Waals surface area contributed by atoms with Gasteiger partial charge in [0, 0.05) is 25.7 Å². The quantitative estimate of drug-likeness (QED) is 0.853. The Bertz CT molecular complexity index is 727. The van der Waals surface area contributed by atoms with E-state index >= 15 is 0 Å². The summed E-state index contributed by atoms with van der Waals surface area (Å²) in [6.45, 7) is 2.61. The fourth-order valence-electron chi connectivity index (χ4n) is 3.71. The molecule has 25 heavy (non-hydrogen) atoms. The van der Waals surface area contributed by atoms with Gasteiger partial charge in [0.05, 0.1) is 12.5 Å². The van der Waals surface area contributed by atoms with Gasteiger partial charge >= 0.3 is 0 Å². The molecule has 4 heteroatoms. The average molecular weight is 338 g/mol. The minimum Gasteiger partial charge on any atom is -0.333 e. The second-order valence-corrected chi connectivity index (χ2v) is 7.04. The van der Waals surface area contributed by atoms with Crippen LogP contribution < -0.4 is 0 Å². The molecule has 1 atom stereocenters. The van der Waals surface area contributed by atoms with E-state index in [1.165, 1.54) is 30.5 Å². The Morgan fingerprint density at radius 3 is 2.40 bits per heavy atom. The summed E-state index contributed by atoms with van der Waals surface area (Å²) in [5.74, 6) is -0.146. The Hall–Kier alpha value is -2.20. The van der Waals surface area contributed by atoms with Gasteiger partial charge in [-0.2, -0.15) is 0 Å². The van der Waals surface area contributed by atoms with Crippen LogP contribution in [0.2, 0.25) is 0 Å². The molecule has 1 aliphatic heterocycles. The van der Waals surface area contributed by atoms with Crippen molar-refractivity contribution in [2.24, 2.45) is 0 Å². The Morgan fingerprint density at radius 1 is 1.00 bits per heavy atom. The number of hydrogen-bond acceptors (Lipinski definition) is 2. The summed E-state index contributed by atoms with van der Waals surface area (Å²) in [6, 6.07) is 17.3. The smallest absolute Gasteiger partial charge is 0.227 e. The van der Waals surface area contributed by atoms with Crippen molar-refractivity contribution in [2.45, 2.75) is 31.3 Å². The van der Waals surface area contributed by atoms with Gasteiger partial charge < -0.3 is 4.90 Å². The zero-order valence-electron chi connectivity index (χ0n) is 14.3. The van der Waals surface area contributed by atoms with Crippen LogP contribution in [-0.2, 0) is 11.2 Å². The van der Waals surface area contributed by atoms with Crippen LogP contribution in [-0.4, -0.2) is 41.4 Å². The Morgan fingerprint density at radius 2 is 1.72 bits per heavy atom. The van der Waals surface area contributed by atoms with Crippen molar-refractivity contribution in [1.29, 1.82) is 0 Å². The van der Waals surface area contributed by atoms with Crippen LogP contribution in [0.1, 0.15) is 30.0 Å². The van der Waals surface area contributed by atoms with Gasteiger partial charge in [0.1, 0.15) is 5.82 Å². The minimum absolute atomic E-state index is 0.100. The third kappa shape index (κ3) is 3.74. The molecule has 2 aliphatic rings. The van der Waals surface area contributed by atoms with Gasteiger partial charge in [-0.3, -0.25) is 9.69 Å². The lowest BCUT2D eigenvalue weighted by Crippen LogP contribution is -2.51. The van der Waals surface area contributed by atoms with Gasteiger partial charge in [0.2, 0.25) is 5.91 Å². The molecule has 0 radical (unpaired) electrons. The third-order valence-electron chi connectivity index (χ3n) is 5.25. The zero-order valence-corrected chi connectivity index (χ0v) is 14.3. The summed E-state index contributed by atoms with van der Waals surface area (Å²) in [7, 11) is 0. The maximum atomic E-state index is 13.1. The first kappa shape index (κ1) is 16.3. The SMILES string of the molecule is O=C(Cc1ccc(F)cc1)N1CCN(C2CC2)CC1c1ccccc1. The number of carbonyl (C=O) groups is 1. The number of halogens is 1. The van der Waals surface area contributed by atoms with Gasteiger partial charge in [0.15, 0.2) is 0 Å². The molecular weight excluding hydrogens is 315 g/mol. The predicted molar refractivity (Wildman–Crippen MR) is 95.6 cm³/mol. The van der Waals surface area contributed by atoms with E-state index in [0.29, 0.717) is 12.5 Å². The van der Waals surface area contributed by atoms with E-state index in [1.807, 2.05) is 23.1 Å². The topological polar surface area (TPSA) is 23.6 Å². The second-order valence-electron chi connectivity index (χ2n) is 7.04. The molecule has 2 aromatic rings. The molecule has 4 rings (SSSR count). The minimum atomic E-state index is -0.267. The Balaban J connectivity index is 1.53. The number of hydrogen-bond donors (Lipinski definition) is 0. The second kappa shape index (κ2) is 6.96. The van der Waals surface area contributed by atoms with E-state index < -0.39 is 0 Å². The molecule has 3 nitrogen and oxygen atoms in total. The van der Waals surface area contributed by atoms with Gasteiger partial charge in [0.25, 0.3) is 0 Å². The van der Waals surface area contributed by atoms with Gasteiger partial charge in [-0.05, 0) is 36.1 Å². The first-order valence-corrected chi connectivity index (χ1v) is 9.03. The first-order chi connectivity index (χ1) is 12.2. The molecule has 0 spiro atoms. The molecule has 130 valence electrons. The van der Waals surface area contributed by atoms with E-state index in [-0.39, 0.29) is 17.8 Å². The molecule has 0 aromatic heterocycles. The molecule has 2 aromatic carbocycles. The Labute approximate surface area is 148 Å². The third-order valence-corrected chi connectivity index (χ3v) is 5.25.